The van der Waals surface area contributed by atoms with Crippen LogP contribution >= 0.6 is 0 Å². The van der Waals surface area contributed by atoms with Crippen molar-refractivity contribution in [3.63, 3.8) is 0 Å². The minimum atomic E-state index is -0.202. The van der Waals surface area contributed by atoms with E-state index in [1.807, 2.05) is 0 Å². The molecule has 0 radical (unpaired) electrons. The number of ether oxygens (including phenoxy) is 1. The van der Waals surface area contributed by atoms with Crippen molar-refractivity contribution in [2.75, 3.05) is 19.8 Å². The lowest BCUT2D eigenvalue weighted by Crippen LogP contribution is -2.10. The second kappa shape index (κ2) is 5.67. The van der Waals surface area contributed by atoms with Crippen LogP contribution in [0.1, 0.15) is 5.56 Å². The third-order valence-electron chi connectivity index (χ3n) is 1.71. The van der Waals surface area contributed by atoms with Crippen LogP contribution in [0.4, 0.5) is 4.39 Å². The summed E-state index contributed by atoms with van der Waals surface area (Å²) in [5, 5.41) is 0. The van der Waals surface area contributed by atoms with Crippen molar-refractivity contribution in [2.24, 2.45) is 5.73 Å². The molecule has 0 spiro atoms. The van der Waals surface area contributed by atoms with Crippen LogP contribution in [0.2, 0.25) is 0 Å². The van der Waals surface area contributed by atoms with Crippen LogP contribution < -0.4 is 5.73 Å². The van der Waals surface area contributed by atoms with E-state index in [9.17, 15) is 4.39 Å². The number of rotatable bonds is 5. The molecule has 13 heavy (non-hydrogen) atoms. The monoisotopic (exact) mass is 183 g/mol. The normalized spacial score (nSPS) is 10.3. The van der Waals surface area contributed by atoms with Crippen LogP contribution in [-0.2, 0) is 11.2 Å². The van der Waals surface area contributed by atoms with Gasteiger partial charge in [-0.15, -0.1) is 0 Å². The maximum atomic E-state index is 12.5. The maximum absolute atomic E-state index is 12.5. The standard InChI is InChI=1S/C10H14FNO/c11-10-3-1-9(2-4-10)5-7-13-8-6-12/h1-4H,5-8,12H2. The molecule has 0 unspecified atom stereocenters. The molecular weight excluding hydrogens is 169 g/mol. The molecule has 0 atom stereocenters. The van der Waals surface area contributed by atoms with E-state index in [4.69, 9.17) is 10.5 Å². The lowest BCUT2D eigenvalue weighted by Gasteiger charge is -2.02. The molecule has 2 N–H and O–H groups in total. The largest absolute Gasteiger partial charge is 0.380 e. The first-order valence-electron chi connectivity index (χ1n) is 4.35. The van der Waals surface area contributed by atoms with Gasteiger partial charge in [0.1, 0.15) is 5.82 Å². The highest BCUT2D eigenvalue weighted by Crippen LogP contribution is 2.03. The SMILES string of the molecule is NCCOCCc1ccc(F)cc1. The second-order valence-electron chi connectivity index (χ2n) is 2.78. The summed E-state index contributed by atoms with van der Waals surface area (Å²) >= 11 is 0. The Hall–Kier alpha value is -0.930. The van der Waals surface area contributed by atoms with Gasteiger partial charge in [0.2, 0.25) is 0 Å². The summed E-state index contributed by atoms with van der Waals surface area (Å²) in [5.74, 6) is -0.202. The summed E-state index contributed by atoms with van der Waals surface area (Å²) in [5.41, 5.74) is 6.34. The summed E-state index contributed by atoms with van der Waals surface area (Å²) in [7, 11) is 0. The number of benzene rings is 1. The van der Waals surface area contributed by atoms with Gasteiger partial charge in [0, 0.05) is 6.54 Å². The molecule has 1 rings (SSSR count). The average Bonchev–Trinajstić information content (AvgIpc) is 2.15. The molecule has 0 aromatic heterocycles. The van der Waals surface area contributed by atoms with E-state index in [-0.39, 0.29) is 5.82 Å². The van der Waals surface area contributed by atoms with Gasteiger partial charge in [-0.3, -0.25) is 0 Å². The first kappa shape index (κ1) is 10.2. The van der Waals surface area contributed by atoms with E-state index >= 15 is 0 Å². The fraction of sp³-hybridized carbons (Fsp3) is 0.400. The molecule has 0 aliphatic rings. The van der Waals surface area contributed by atoms with Gasteiger partial charge in [-0.1, -0.05) is 12.1 Å². The van der Waals surface area contributed by atoms with Crippen LogP contribution in [0.15, 0.2) is 24.3 Å². The quantitative estimate of drug-likeness (QED) is 0.699. The van der Waals surface area contributed by atoms with E-state index in [1.54, 1.807) is 12.1 Å². The Kier molecular flexibility index (Phi) is 4.43. The molecule has 0 saturated carbocycles. The molecule has 0 aliphatic carbocycles. The number of halogens is 1. The number of hydrogen-bond donors (Lipinski definition) is 1. The Balaban J connectivity index is 2.25. The fourth-order valence-electron chi connectivity index (χ4n) is 1.03. The van der Waals surface area contributed by atoms with E-state index in [1.165, 1.54) is 12.1 Å². The lowest BCUT2D eigenvalue weighted by atomic mass is 10.2. The van der Waals surface area contributed by atoms with Crippen molar-refractivity contribution in [3.05, 3.63) is 35.6 Å². The van der Waals surface area contributed by atoms with Crippen molar-refractivity contribution in [2.45, 2.75) is 6.42 Å². The molecule has 0 fully saturated rings. The Morgan fingerprint density at radius 1 is 1.15 bits per heavy atom. The average molecular weight is 183 g/mol. The number of nitrogens with two attached hydrogens (primary N) is 1. The van der Waals surface area contributed by atoms with E-state index in [0.717, 1.165) is 12.0 Å². The van der Waals surface area contributed by atoms with Gasteiger partial charge in [-0.25, -0.2) is 4.39 Å². The zero-order valence-electron chi connectivity index (χ0n) is 7.50. The summed E-state index contributed by atoms with van der Waals surface area (Å²) in [6, 6.07) is 6.44. The fourth-order valence-corrected chi connectivity index (χ4v) is 1.03. The van der Waals surface area contributed by atoms with Gasteiger partial charge in [0.25, 0.3) is 0 Å². The summed E-state index contributed by atoms with van der Waals surface area (Å²) in [4.78, 5) is 0. The Labute approximate surface area is 77.5 Å². The van der Waals surface area contributed by atoms with Crippen molar-refractivity contribution >= 4 is 0 Å². The number of hydrogen-bond acceptors (Lipinski definition) is 2. The predicted octanol–water partition coefficient (Wildman–Crippen LogP) is 1.34. The van der Waals surface area contributed by atoms with E-state index < -0.39 is 0 Å². The maximum Gasteiger partial charge on any atom is 0.123 e. The molecule has 0 bridgehead atoms. The zero-order chi connectivity index (χ0) is 9.52. The van der Waals surface area contributed by atoms with E-state index in [2.05, 4.69) is 0 Å². The molecule has 1 aromatic rings. The van der Waals surface area contributed by atoms with Crippen LogP contribution in [0.25, 0.3) is 0 Å². The minimum Gasteiger partial charge on any atom is -0.380 e. The van der Waals surface area contributed by atoms with Gasteiger partial charge in [0.05, 0.1) is 13.2 Å². The van der Waals surface area contributed by atoms with Crippen molar-refractivity contribution < 1.29 is 9.13 Å². The predicted molar refractivity (Wildman–Crippen MR) is 50.0 cm³/mol. The van der Waals surface area contributed by atoms with Crippen molar-refractivity contribution in [1.82, 2.24) is 0 Å². The van der Waals surface area contributed by atoms with E-state index in [0.29, 0.717) is 19.8 Å². The minimum absolute atomic E-state index is 0.202. The summed E-state index contributed by atoms with van der Waals surface area (Å²) < 4.78 is 17.7. The Morgan fingerprint density at radius 2 is 1.85 bits per heavy atom. The smallest absolute Gasteiger partial charge is 0.123 e. The molecule has 1 aromatic carbocycles. The zero-order valence-corrected chi connectivity index (χ0v) is 7.50. The summed E-state index contributed by atoms with van der Waals surface area (Å²) in [6.45, 7) is 1.77. The highest BCUT2D eigenvalue weighted by Gasteiger charge is 1.93. The second-order valence-corrected chi connectivity index (χ2v) is 2.78. The molecule has 0 aliphatic heterocycles. The van der Waals surface area contributed by atoms with Gasteiger partial charge >= 0.3 is 0 Å². The molecule has 72 valence electrons. The van der Waals surface area contributed by atoms with Crippen LogP contribution in [0.3, 0.4) is 0 Å². The highest BCUT2D eigenvalue weighted by atomic mass is 19.1. The first-order chi connectivity index (χ1) is 6.33. The van der Waals surface area contributed by atoms with Crippen molar-refractivity contribution in [3.8, 4) is 0 Å². The molecule has 0 heterocycles. The van der Waals surface area contributed by atoms with Gasteiger partial charge in [0.15, 0.2) is 0 Å². The molecule has 2 nitrogen and oxygen atoms in total. The first-order valence-corrected chi connectivity index (χ1v) is 4.35. The summed E-state index contributed by atoms with van der Waals surface area (Å²) in [6.07, 6.45) is 0.806. The molecular formula is C10H14FNO. The van der Waals surface area contributed by atoms with Crippen LogP contribution in [-0.4, -0.2) is 19.8 Å². The Morgan fingerprint density at radius 3 is 2.46 bits per heavy atom. The molecule has 3 heteroatoms. The van der Waals surface area contributed by atoms with Gasteiger partial charge in [-0.2, -0.15) is 0 Å². The highest BCUT2D eigenvalue weighted by molar-refractivity contribution is 5.15. The molecule has 0 amide bonds. The van der Waals surface area contributed by atoms with Crippen molar-refractivity contribution in [1.29, 1.82) is 0 Å². The third kappa shape index (κ3) is 4.01. The Bertz CT molecular complexity index is 235. The van der Waals surface area contributed by atoms with Crippen LogP contribution in [0, 0.1) is 5.82 Å². The van der Waals surface area contributed by atoms with Gasteiger partial charge < -0.3 is 10.5 Å². The third-order valence-corrected chi connectivity index (χ3v) is 1.71. The van der Waals surface area contributed by atoms with Crippen LogP contribution in [0.5, 0.6) is 0 Å². The molecule has 0 saturated heterocycles. The lowest BCUT2D eigenvalue weighted by molar-refractivity contribution is 0.144. The van der Waals surface area contributed by atoms with Gasteiger partial charge in [-0.05, 0) is 24.1 Å². The topological polar surface area (TPSA) is 35.2 Å².